The van der Waals surface area contributed by atoms with E-state index in [2.05, 4.69) is 10.6 Å². The van der Waals surface area contributed by atoms with E-state index in [9.17, 15) is 9.59 Å². The van der Waals surface area contributed by atoms with Gasteiger partial charge in [-0.3, -0.25) is 10.1 Å². The quantitative estimate of drug-likeness (QED) is 0.747. The smallest absolute Gasteiger partial charge is 0.322 e. The zero-order valence-electron chi connectivity index (χ0n) is 14.2. The summed E-state index contributed by atoms with van der Waals surface area (Å²) < 4.78 is 5.29. The Morgan fingerprint density at radius 2 is 1.96 bits per heavy atom. The van der Waals surface area contributed by atoms with Gasteiger partial charge in [-0.15, -0.1) is 0 Å². The Hall–Kier alpha value is -1.79. The Bertz CT molecular complexity index is 570. The molecule has 0 aliphatic rings. The maximum atomic E-state index is 11.9. The minimum atomic E-state index is -0.490. The van der Waals surface area contributed by atoms with Crippen molar-refractivity contribution >= 4 is 23.5 Å². The van der Waals surface area contributed by atoms with Crippen LogP contribution in [0.2, 0.25) is 5.02 Å². The first-order chi connectivity index (χ1) is 10.6. The maximum Gasteiger partial charge on any atom is 0.322 e. The van der Waals surface area contributed by atoms with Crippen molar-refractivity contribution in [2.45, 2.75) is 32.9 Å². The summed E-state index contributed by atoms with van der Waals surface area (Å²) in [6.45, 7) is 6.25. The number of nitrogens with one attached hydrogen (secondary N) is 3. The van der Waals surface area contributed by atoms with E-state index in [1.807, 2.05) is 33.9 Å². The van der Waals surface area contributed by atoms with E-state index >= 15 is 0 Å². The number of ether oxygens (including phenoxy) is 1. The molecule has 1 aromatic carbocycles. The normalized spacial score (nSPS) is 12.4. The molecular formula is C16H25ClN3O3+. The van der Waals surface area contributed by atoms with Crippen LogP contribution in [0.5, 0.6) is 5.75 Å². The molecule has 0 spiro atoms. The van der Waals surface area contributed by atoms with E-state index in [1.165, 1.54) is 0 Å². The zero-order chi connectivity index (χ0) is 17.6. The van der Waals surface area contributed by atoms with Crippen LogP contribution in [0.3, 0.4) is 0 Å². The van der Waals surface area contributed by atoms with Crippen LogP contribution in [0.25, 0.3) is 0 Å². The molecule has 1 rings (SSSR count). The largest absolute Gasteiger partial charge is 0.496 e. The summed E-state index contributed by atoms with van der Waals surface area (Å²) in [5.41, 5.74) is 0.515. The fraction of sp³-hybridized carbons (Fsp3) is 0.500. The molecule has 0 radical (unpaired) electrons. The third-order valence-electron chi connectivity index (χ3n) is 2.94. The highest BCUT2D eigenvalue weighted by atomic mass is 35.5. The van der Waals surface area contributed by atoms with Crippen molar-refractivity contribution in [1.29, 1.82) is 0 Å². The van der Waals surface area contributed by atoms with E-state index < -0.39 is 11.6 Å². The standard InChI is InChI=1S/C16H24ClN3O3/c1-16(2,3)19-15(22)18-14(21)10-20(4)9-11-8-12(17)6-7-13(11)23-5/h6-8H,9-10H2,1-5H3,(H2,18,19,21,22)/p+1. The molecule has 3 amide bonds. The number of carbonyl (C=O) groups is 2. The van der Waals surface area contributed by atoms with Gasteiger partial charge in [0.25, 0.3) is 5.91 Å². The van der Waals surface area contributed by atoms with Crippen LogP contribution in [0.4, 0.5) is 4.79 Å². The van der Waals surface area contributed by atoms with Gasteiger partial charge in [0.2, 0.25) is 0 Å². The molecule has 128 valence electrons. The summed E-state index contributed by atoms with van der Waals surface area (Å²) in [5.74, 6) is 0.380. The molecule has 1 unspecified atom stereocenters. The Labute approximate surface area is 142 Å². The highest BCUT2D eigenvalue weighted by Gasteiger charge is 2.18. The van der Waals surface area contributed by atoms with Gasteiger partial charge in [0, 0.05) is 16.1 Å². The SMILES string of the molecule is COc1ccc(Cl)cc1C[NH+](C)CC(=O)NC(=O)NC(C)(C)C. The summed E-state index contributed by atoms with van der Waals surface area (Å²) in [6, 6.07) is 4.87. The molecule has 0 bridgehead atoms. The number of rotatable bonds is 5. The van der Waals surface area contributed by atoms with Gasteiger partial charge in [-0.2, -0.15) is 0 Å². The molecule has 0 aliphatic heterocycles. The van der Waals surface area contributed by atoms with E-state index in [1.54, 1.807) is 19.2 Å². The third kappa shape index (κ3) is 7.34. The summed E-state index contributed by atoms with van der Waals surface area (Å²) in [5, 5.41) is 5.62. The summed E-state index contributed by atoms with van der Waals surface area (Å²) in [6.07, 6.45) is 0. The highest BCUT2D eigenvalue weighted by Crippen LogP contribution is 2.21. The molecule has 0 fully saturated rings. The number of hydrogen-bond donors (Lipinski definition) is 3. The molecule has 23 heavy (non-hydrogen) atoms. The monoisotopic (exact) mass is 342 g/mol. The van der Waals surface area contributed by atoms with E-state index in [0.717, 1.165) is 16.2 Å². The number of benzene rings is 1. The predicted octanol–water partition coefficient (Wildman–Crippen LogP) is 0.988. The van der Waals surface area contributed by atoms with Crippen molar-refractivity contribution < 1.29 is 19.2 Å². The molecule has 0 heterocycles. The minimum Gasteiger partial charge on any atom is -0.496 e. The second kappa shape index (κ2) is 8.17. The van der Waals surface area contributed by atoms with Crippen LogP contribution >= 0.6 is 11.6 Å². The number of amides is 3. The summed E-state index contributed by atoms with van der Waals surface area (Å²) in [7, 11) is 3.45. The van der Waals surface area contributed by atoms with Crippen LogP contribution in [0.15, 0.2) is 18.2 Å². The molecule has 0 saturated heterocycles. The molecule has 7 heteroatoms. The molecule has 0 aliphatic carbocycles. The minimum absolute atomic E-state index is 0.160. The van der Waals surface area contributed by atoms with Crippen molar-refractivity contribution in [2.24, 2.45) is 0 Å². The Morgan fingerprint density at radius 3 is 2.52 bits per heavy atom. The van der Waals surface area contributed by atoms with Gasteiger partial charge in [0.1, 0.15) is 12.3 Å². The van der Waals surface area contributed by atoms with Crippen molar-refractivity contribution in [2.75, 3.05) is 20.7 Å². The molecule has 1 aromatic rings. The van der Waals surface area contributed by atoms with Gasteiger partial charge in [0.15, 0.2) is 6.54 Å². The van der Waals surface area contributed by atoms with Crippen LogP contribution in [0.1, 0.15) is 26.3 Å². The number of quaternary nitrogens is 1. The van der Waals surface area contributed by atoms with Gasteiger partial charge in [0.05, 0.1) is 14.2 Å². The average molecular weight is 343 g/mol. The van der Waals surface area contributed by atoms with Crippen molar-refractivity contribution in [3.8, 4) is 5.75 Å². The van der Waals surface area contributed by atoms with Crippen LogP contribution in [0, 0.1) is 0 Å². The molecule has 3 N–H and O–H groups in total. The number of urea groups is 1. The lowest BCUT2D eigenvalue weighted by Gasteiger charge is -2.21. The molecule has 0 saturated carbocycles. The number of hydrogen-bond acceptors (Lipinski definition) is 3. The van der Waals surface area contributed by atoms with Gasteiger partial charge < -0.3 is 15.0 Å². The van der Waals surface area contributed by atoms with E-state index in [4.69, 9.17) is 16.3 Å². The fourth-order valence-electron chi connectivity index (χ4n) is 2.09. The van der Waals surface area contributed by atoms with E-state index in [-0.39, 0.29) is 12.5 Å². The van der Waals surface area contributed by atoms with Crippen molar-refractivity contribution in [3.63, 3.8) is 0 Å². The van der Waals surface area contributed by atoms with Crippen LogP contribution in [-0.4, -0.2) is 38.2 Å². The molecule has 6 nitrogen and oxygen atoms in total. The van der Waals surface area contributed by atoms with Crippen LogP contribution in [-0.2, 0) is 11.3 Å². The van der Waals surface area contributed by atoms with E-state index in [0.29, 0.717) is 11.6 Å². The zero-order valence-corrected chi connectivity index (χ0v) is 15.0. The number of likely N-dealkylation sites (N-methyl/N-ethyl adjacent to an activating group) is 1. The average Bonchev–Trinajstić information content (AvgIpc) is 2.35. The molecular weight excluding hydrogens is 318 g/mol. The fourth-order valence-corrected chi connectivity index (χ4v) is 2.28. The lowest BCUT2D eigenvalue weighted by molar-refractivity contribution is -0.885. The van der Waals surface area contributed by atoms with Crippen molar-refractivity contribution in [3.05, 3.63) is 28.8 Å². The highest BCUT2D eigenvalue weighted by molar-refractivity contribution is 6.30. The Balaban J connectivity index is 2.56. The summed E-state index contributed by atoms with van der Waals surface area (Å²) >= 11 is 6.00. The first-order valence-electron chi connectivity index (χ1n) is 7.36. The first kappa shape index (κ1) is 19.3. The van der Waals surface area contributed by atoms with Gasteiger partial charge in [-0.1, -0.05) is 11.6 Å². The number of carbonyl (C=O) groups excluding carboxylic acids is 2. The molecule has 0 aromatic heterocycles. The third-order valence-corrected chi connectivity index (χ3v) is 3.17. The molecule has 1 atom stereocenters. The Morgan fingerprint density at radius 1 is 1.30 bits per heavy atom. The first-order valence-corrected chi connectivity index (χ1v) is 7.74. The van der Waals surface area contributed by atoms with Gasteiger partial charge in [-0.05, 0) is 39.0 Å². The van der Waals surface area contributed by atoms with Crippen molar-refractivity contribution in [1.82, 2.24) is 10.6 Å². The number of methoxy groups -OCH3 is 1. The van der Waals surface area contributed by atoms with Gasteiger partial charge in [-0.25, -0.2) is 4.79 Å². The maximum absolute atomic E-state index is 11.9. The topological polar surface area (TPSA) is 71.9 Å². The van der Waals surface area contributed by atoms with Gasteiger partial charge >= 0.3 is 6.03 Å². The lowest BCUT2D eigenvalue weighted by atomic mass is 10.1. The summed E-state index contributed by atoms with van der Waals surface area (Å²) in [4.78, 5) is 24.5. The van der Waals surface area contributed by atoms with Crippen LogP contribution < -0.4 is 20.3 Å². The lowest BCUT2D eigenvalue weighted by Crippen LogP contribution is -3.09. The predicted molar refractivity (Wildman–Crippen MR) is 89.9 cm³/mol. The second-order valence-corrected chi connectivity index (χ2v) is 6.96. The Kier molecular flexibility index (Phi) is 6.84. The number of halogens is 1. The number of imide groups is 1. The second-order valence-electron chi connectivity index (χ2n) is 6.52.